The smallest absolute Gasteiger partial charge is 0.343 e. The molecule has 6 heteroatoms. The van der Waals surface area contributed by atoms with Gasteiger partial charge >= 0.3 is 5.97 Å². The molecular weight excluding hydrogens is 330 g/mol. The number of hydrogen-bond donors (Lipinski definition) is 1. The van der Waals surface area contributed by atoms with E-state index in [9.17, 15) is 9.59 Å². The highest BCUT2D eigenvalue weighted by atomic mass is 35.5. The Morgan fingerprint density at radius 2 is 1.83 bits per heavy atom. The molecule has 0 aliphatic heterocycles. The number of benzene rings is 2. The zero-order valence-electron chi connectivity index (χ0n) is 13.5. The second kappa shape index (κ2) is 8.36. The zero-order chi connectivity index (χ0) is 17.5. The Balaban J connectivity index is 1.95. The van der Waals surface area contributed by atoms with Crippen LogP contribution in [0.15, 0.2) is 42.5 Å². The summed E-state index contributed by atoms with van der Waals surface area (Å²) in [5, 5.41) is 3.49. The van der Waals surface area contributed by atoms with Crippen molar-refractivity contribution in [1.29, 1.82) is 0 Å². The van der Waals surface area contributed by atoms with E-state index in [0.29, 0.717) is 16.5 Å². The molecule has 0 bridgehead atoms. The van der Waals surface area contributed by atoms with E-state index >= 15 is 0 Å². The number of anilines is 1. The summed E-state index contributed by atoms with van der Waals surface area (Å²) in [6, 6.07) is 12.3. The van der Waals surface area contributed by atoms with Crippen molar-refractivity contribution in [3.05, 3.63) is 58.6 Å². The molecule has 2 rings (SSSR count). The third-order valence-corrected chi connectivity index (χ3v) is 3.59. The number of esters is 1. The van der Waals surface area contributed by atoms with Gasteiger partial charge in [0.2, 0.25) is 5.91 Å². The average molecular weight is 348 g/mol. The highest BCUT2D eigenvalue weighted by Gasteiger charge is 2.08. The summed E-state index contributed by atoms with van der Waals surface area (Å²) in [5.41, 5.74) is 2.41. The lowest BCUT2D eigenvalue weighted by atomic mass is 10.1. The van der Waals surface area contributed by atoms with Crippen molar-refractivity contribution < 1.29 is 19.1 Å². The quantitative estimate of drug-likeness (QED) is 0.813. The van der Waals surface area contributed by atoms with Crippen molar-refractivity contribution in [2.75, 3.05) is 19.0 Å². The molecule has 0 spiro atoms. The van der Waals surface area contributed by atoms with Crippen molar-refractivity contribution in [3.8, 4) is 5.75 Å². The van der Waals surface area contributed by atoms with Crippen molar-refractivity contribution in [2.45, 2.75) is 13.3 Å². The van der Waals surface area contributed by atoms with Gasteiger partial charge in [-0.25, -0.2) is 4.79 Å². The van der Waals surface area contributed by atoms with Crippen LogP contribution in [0.25, 0.3) is 0 Å². The molecule has 0 saturated heterocycles. The molecule has 0 atom stereocenters. The van der Waals surface area contributed by atoms with E-state index in [1.807, 2.05) is 19.1 Å². The molecule has 5 nitrogen and oxygen atoms in total. The van der Waals surface area contributed by atoms with Gasteiger partial charge in [-0.15, -0.1) is 0 Å². The number of hydrogen-bond acceptors (Lipinski definition) is 4. The van der Waals surface area contributed by atoms with Crippen molar-refractivity contribution in [3.63, 3.8) is 0 Å². The number of nitrogens with one attached hydrogen (secondary N) is 1. The number of methoxy groups -OCH3 is 1. The Morgan fingerprint density at radius 3 is 2.46 bits per heavy atom. The van der Waals surface area contributed by atoms with Gasteiger partial charge in [-0.1, -0.05) is 23.7 Å². The zero-order valence-corrected chi connectivity index (χ0v) is 14.2. The summed E-state index contributed by atoms with van der Waals surface area (Å²) in [7, 11) is 1.30. The van der Waals surface area contributed by atoms with Crippen molar-refractivity contribution >= 4 is 29.2 Å². The van der Waals surface area contributed by atoms with Crippen LogP contribution >= 0.6 is 11.6 Å². The normalized spacial score (nSPS) is 10.1. The Kier molecular flexibility index (Phi) is 6.21. The van der Waals surface area contributed by atoms with Crippen LogP contribution in [0.3, 0.4) is 0 Å². The topological polar surface area (TPSA) is 64.6 Å². The fourth-order valence-electron chi connectivity index (χ4n) is 2.05. The van der Waals surface area contributed by atoms with Crippen LogP contribution in [0.4, 0.5) is 5.69 Å². The standard InChI is InChI=1S/C18H18ClNO4/c1-12-9-15(24-11-18(22)23-2)7-8-16(12)20-17(21)10-13-3-5-14(19)6-4-13/h3-9H,10-11H2,1-2H3,(H,20,21). The Labute approximate surface area is 145 Å². The maximum Gasteiger partial charge on any atom is 0.343 e. The number of halogens is 1. The number of carbonyl (C=O) groups is 2. The molecular formula is C18H18ClNO4. The van der Waals surface area contributed by atoms with Crippen molar-refractivity contribution in [2.24, 2.45) is 0 Å². The van der Waals surface area contributed by atoms with Gasteiger partial charge in [0.1, 0.15) is 5.75 Å². The van der Waals surface area contributed by atoms with E-state index in [4.69, 9.17) is 16.3 Å². The summed E-state index contributed by atoms with van der Waals surface area (Å²) < 4.78 is 9.82. The second-order valence-corrected chi connectivity index (χ2v) is 5.63. The van der Waals surface area contributed by atoms with Crippen molar-refractivity contribution in [1.82, 2.24) is 0 Å². The number of carbonyl (C=O) groups excluding carboxylic acids is 2. The first-order valence-corrected chi connectivity index (χ1v) is 7.70. The van der Waals surface area contributed by atoms with Crippen LogP contribution in [-0.2, 0) is 20.7 Å². The van der Waals surface area contributed by atoms with Gasteiger partial charge in [0, 0.05) is 10.7 Å². The van der Waals surface area contributed by atoms with E-state index in [-0.39, 0.29) is 18.9 Å². The molecule has 1 amide bonds. The summed E-state index contributed by atoms with van der Waals surface area (Å²) in [4.78, 5) is 23.2. The SMILES string of the molecule is COC(=O)COc1ccc(NC(=O)Cc2ccc(Cl)cc2)c(C)c1. The second-order valence-electron chi connectivity index (χ2n) is 5.19. The Hall–Kier alpha value is -2.53. The van der Waals surface area contributed by atoms with Crippen LogP contribution in [0, 0.1) is 6.92 Å². The Morgan fingerprint density at radius 1 is 1.12 bits per heavy atom. The molecule has 2 aromatic carbocycles. The average Bonchev–Trinajstić information content (AvgIpc) is 2.57. The highest BCUT2D eigenvalue weighted by Crippen LogP contribution is 2.21. The largest absolute Gasteiger partial charge is 0.482 e. The van der Waals surface area contributed by atoms with Gasteiger partial charge < -0.3 is 14.8 Å². The lowest BCUT2D eigenvalue weighted by molar-refractivity contribution is -0.142. The van der Waals surface area contributed by atoms with Gasteiger partial charge in [-0.3, -0.25) is 4.79 Å². The van der Waals surface area contributed by atoms with Crippen LogP contribution in [-0.4, -0.2) is 25.6 Å². The summed E-state index contributed by atoms with van der Waals surface area (Å²) in [5.74, 6) is -0.0368. The monoisotopic (exact) mass is 347 g/mol. The molecule has 0 aliphatic rings. The molecule has 24 heavy (non-hydrogen) atoms. The first-order valence-electron chi connectivity index (χ1n) is 7.32. The van der Waals surface area contributed by atoms with Gasteiger partial charge in [0.05, 0.1) is 13.5 Å². The van der Waals surface area contributed by atoms with Gasteiger partial charge in [-0.2, -0.15) is 0 Å². The van der Waals surface area contributed by atoms with Crippen LogP contribution in [0.2, 0.25) is 5.02 Å². The first-order chi connectivity index (χ1) is 11.5. The van der Waals surface area contributed by atoms with Gasteiger partial charge in [-0.05, 0) is 48.4 Å². The summed E-state index contributed by atoms with van der Waals surface area (Å²) in [6.07, 6.45) is 0.261. The highest BCUT2D eigenvalue weighted by molar-refractivity contribution is 6.30. The van der Waals surface area contributed by atoms with Crippen LogP contribution in [0.1, 0.15) is 11.1 Å². The first kappa shape index (κ1) is 17.8. The minimum absolute atomic E-state index is 0.122. The van der Waals surface area contributed by atoms with Gasteiger partial charge in [0.15, 0.2) is 6.61 Å². The van der Waals surface area contributed by atoms with Crippen LogP contribution < -0.4 is 10.1 Å². The van der Waals surface area contributed by atoms with Gasteiger partial charge in [0.25, 0.3) is 0 Å². The lowest BCUT2D eigenvalue weighted by Crippen LogP contribution is -2.15. The minimum atomic E-state index is -0.451. The fraction of sp³-hybridized carbons (Fsp3) is 0.222. The number of amides is 1. The molecule has 0 saturated carbocycles. The third kappa shape index (κ3) is 5.28. The fourth-order valence-corrected chi connectivity index (χ4v) is 2.18. The summed E-state index contributed by atoms with van der Waals surface area (Å²) >= 11 is 5.83. The van der Waals surface area contributed by atoms with E-state index < -0.39 is 5.97 Å². The predicted octanol–water partition coefficient (Wildman–Crippen LogP) is 3.38. The molecule has 2 aromatic rings. The lowest BCUT2D eigenvalue weighted by Gasteiger charge is -2.11. The Bertz CT molecular complexity index is 728. The molecule has 1 N–H and O–H groups in total. The maximum atomic E-state index is 12.1. The molecule has 0 fully saturated rings. The molecule has 0 unspecified atom stereocenters. The van der Waals surface area contributed by atoms with Crippen LogP contribution in [0.5, 0.6) is 5.75 Å². The van der Waals surface area contributed by atoms with E-state index in [2.05, 4.69) is 10.1 Å². The molecule has 0 aliphatic carbocycles. The maximum absolute atomic E-state index is 12.1. The molecule has 0 aromatic heterocycles. The summed E-state index contributed by atoms with van der Waals surface area (Å²) in [6.45, 7) is 1.70. The number of ether oxygens (including phenoxy) is 2. The molecule has 126 valence electrons. The number of aryl methyl sites for hydroxylation is 1. The van der Waals surface area contributed by atoms with E-state index in [1.165, 1.54) is 7.11 Å². The van der Waals surface area contributed by atoms with E-state index in [1.54, 1.807) is 30.3 Å². The number of rotatable bonds is 6. The molecule has 0 radical (unpaired) electrons. The molecule has 0 heterocycles. The predicted molar refractivity (Wildman–Crippen MR) is 92.5 cm³/mol. The van der Waals surface area contributed by atoms with E-state index in [0.717, 1.165) is 11.1 Å². The minimum Gasteiger partial charge on any atom is -0.482 e. The third-order valence-electron chi connectivity index (χ3n) is 3.33.